The summed E-state index contributed by atoms with van der Waals surface area (Å²) in [5.74, 6) is -9.94. The fourth-order valence-electron chi connectivity index (χ4n) is 9.77. The number of benzene rings is 2. The smallest absolute Gasteiger partial charge is 0.397 e. The normalized spacial score (nSPS) is 31.4. The molecule has 368 valence electrons. The van der Waals surface area contributed by atoms with Gasteiger partial charge in [-0.15, -0.1) is 0 Å². The second kappa shape index (κ2) is 20.5. The summed E-state index contributed by atoms with van der Waals surface area (Å²) in [5, 5.41) is 56.1. The number of Topliss-reactive ketones (excluding diaryl/α,β-unsaturated/α-hetero) is 1. The van der Waals surface area contributed by atoms with Crippen molar-refractivity contribution in [1.29, 1.82) is 0 Å². The third-order valence-corrected chi connectivity index (χ3v) is 14.2. The van der Waals surface area contributed by atoms with Crippen molar-refractivity contribution < 1.29 is 70.9 Å². The maximum Gasteiger partial charge on any atom is 0.397 e. The highest BCUT2D eigenvalue weighted by Gasteiger charge is 2.50. The quantitative estimate of drug-likeness (QED) is 0.0660. The number of aromatic hydroxyl groups is 3. The van der Waals surface area contributed by atoms with Gasteiger partial charge in [-0.05, 0) is 32.8 Å². The van der Waals surface area contributed by atoms with Crippen molar-refractivity contribution in [2.75, 3.05) is 38.6 Å². The van der Waals surface area contributed by atoms with E-state index in [2.05, 4.69) is 15.3 Å². The molecular formula is C47H64N4O15S. The van der Waals surface area contributed by atoms with Crippen molar-refractivity contribution in [1.82, 2.24) is 9.91 Å². The number of fused-ring (bicyclic) bond motifs is 14. The number of allylic oxidation sites excluding steroid dienone is 2. The van der Waals surface area contributed by atoms with Gasteiger partial charge in [0, 0.05) is 93.4 Å². The Bertz CT molecular complexity index is 2460. The van der Waals surface area contributed by atoms with Crippen LogP contribution in [0.15, 0.2) is 41.2 Å². The average Bonchev–Trinajstić information content (AvgIpc) is 3.91. The minimum absolute atomic E-state index is 0.0150. The van der Waals surface area contributed by atoms with Crippen molar-refractivity contribution in [3.05, 3.63) is 52.8 Å². The van der Waals surface area contributed by atoms with Crippen LogP contribution in [0.5, 0.6) is 23.0 Å². The Hall–Kier alpha value is -5.25. The monoisotopic (exact) mass is 956 g/mol. The Kier molecular flexibility index (Phi) is 15.7. The summed E-state index contributed by atoms with van der Waals surface area (Å²) in [5.41, 5.74) is -0.584. The largest absolute Gasteiger partial charge is 0.507 e. The van der Waals surface area contributed by atoms with Gasteiger partial charge < -0.3 is 44.7 Å². The SMILES string of the molecule is CO[C@H]1/C=C/O[C@@]2(C)Oc3c(C)c(O)c4c(O)c(c(/C=N/N5CCN(C6CCCC6)CC5)c(O)c4c3C2=O)NC(=O)/C(C)=C\C=C\[C@H](C)[C@H](O)[C@@H](C)[C@@H](OS(=O)(=O)O)[C@@H](C)[C@H](OC(C)=O)[C@@H]1C. The van der Waals surface area contributed by atoms with E-state index in [1.165, 1.54) is 79.0 Å². The van der Waals surface area contributed by atoms with Crippen molar-refractivity contribution in [2.45, 2.75) is 117 Å². The Balaban J connectivity index is 1.49. The van der Waals surface area contributed by atoms with Gasteiger partial charge in [-0.25, -0.2) is 4.18 Å². The van der Waals surface area contributed by atoms with Gasteiger partial charge >= 0.3 is 22.2 Å². The van der Waals surface area contributed by atoms with E-state index in [9.17, 15) is 47.8 Å². The lowest BCUT2D eigenvalue weighted by atomic mass is 9.78. The molecule has 2 fully saturated rings. The van der Waals surface area contributed by atoms with Crippen LogP contribution in [0.3, 0.4) is 0 Å². The molecule has 2 aromatic carbocycles. The third-order valence-electron chi connectivity index (χ3n) is 13.7. The summed E-state index contributed by atoms with van der Waals surface area (Å²) in [6, 6.07) is 0.528. The summed E-state index contributed by atoms with van der Waals surface area (Å²) < 4.78 is 63.2. The molecule has 20 heteroatoms. The zero-order valence-corrected chi connectivity index (χ0v) is 40.2. The molecule has 19 nitrogen and oxygen atoms in total. The number of aliphatic hydroxyl groups excluding tert-OH is 1. The first-order valence-corrected chi connectivity index (χ1v) is 23.9. The second-order valence-corrected chi connectivity index (χ2v) is 19.3. The molecule has 67 heavy (non-hydrogen) atoms. The summed E-state index contributed by atoms with van der Waals surface area (Å²) in [6.07, 6.45) is 8.07. The predicted octanol–water partition coefficient (Wildman–Crippen LogP) is 5.48. The Labute approximate surface area is 391 Å². The molecule has 0 spiro atoms. The van der Waals surface area contributed by atoms with Gasteiger partial charge in [-0.3, -0.25) is 28.8 Å². The number of hydrazone groups is 1. The van der Waals surface area contributed by atoms with Gasteiger partial charge in [0.05, 0.1) is 53.0 Å². The first kappa shape index (κ1) is 51.1. The molecule has 9 atom stereocenters. The molecule has 6 N–H and O–H groups in total. The van der Waals surface area contributed by atoms with Crippen LogP contribution in [0.2, 0.25) is 0 Å². The fraction of sp³-hybridized carbons (Fsp3) is 0.574. The van der Waals surface area contributed by atoms with E-state index >= 15 is 0 Å². The highest BCUT2D eigenvalue weighted by atomic mass is 32.3. The van der Waals surface area contributed by atoms with Crippen LogP contribution in [0.4, 0.5) is 5.69 Å². The molecule has 4 aliphatic heterocycles. The number of anilines is 1. The summed E-state index contributed by atoms with van der Waals surface area (Å²) in [7, 11) is -3.77. The Morgan fingerprint density at radius 1 is 0.940 bits per heavy atom. The van der Waals surface area contributed by atoms with Crippen LogP contribution < -0.4 is 10.1 Å². The van der Waals surface area contributed by atoms with Crippen molar-refractivity contribution >= 4 is 50.7 Å². The number of phenols is 3. The van der Waals surface area contributed by atoms with E-state index in [1.807, 2.05) is 5.01 Å². The Morgan fingerprint density at radius 2 is 1.60 bits per heavy atom. The molecule has 7 rings (SSSR count). The number of methoxy groups -OCH3 is 1. The first-order valence-electron chi connectivity index (χ1n) is 22.6. The van der Waals surface area contributed by atoms with Gasteiger partial charge in [0.1, 0.15) is 23.4 Å². The third kappa shape index (κ3) is 10.7. The minimum atomic E-state index is -5.12. The number of ketones is 1. The van der Waals surface area contributed by atoms with Crippen LogP contribution in [0, 0.1) is 30.6 Å². The lowest BCUT2D eigenvalue weighted by Gasteiger charge is -2.39. The number of hydrogen-bond donors (Lipinski definition) is 6. The van der Waals surface area contributed by atoms with E-state index in [4.69, 9.17) is 23.1 Å². The van der Waals surface area contributed by atoms with E-state index < -0.39 is 99.2 Å². The van der Waals surface area contributed by atoms with E-state index in [-0.39, 0.29) is 44.5 Å². The number of carbonyl (C=O) groups is 3. The molecule has 0 radical (unpaired) electrons. The standard InChI is InChI=1S/C47H64N4O15S/c1-24-13-12-14-25(2)46(58)49-37-32(23-48-51-20-18-50(19-21-51)31-15-10-11-16-31)40(55)34-35(41(37)56)39(54)28(5)44-36(34)45(57)47(8,65-44)63-22-17-33(62-9)26(3)42(64-30(7)52)29(6)43(27(4)38(24)53)66-67(59,60)61/h12-14,17,22-24,26-27,29,31,33,38,42-43,53-56H,10-11,15-16,18-21H2,1-9H3,(H,49,58)(H,59,60,61)/b13-12+,22-17+,25-14-,48-23+/t24-,26+,27+,29-,33-,38-,42+,43+,47-/m0/s1. The number of nitrogens with one attached hydrogen (secondary N) is 1. The van der Waals surface area contributed by atoms with Crippen LogP contribution >= 0.6 is 0 Å². The molecule has 1 amide bonds. The average molecular weight is 957 g/mol. The topological polar surface area (TPSA) is 264 Å². The zero-order valence-electron chi connectivity index (χ0n) is 39.4. The van der Waals surface area contributed by atoms with E-state index in [0.717, 1.165) is 39.1 Å². The summed E-state index contributed by atoms with van der Waals surface area (Å²) in [6.45, 7) is 14.4. The highest BCUT2D eigenvalue weighted by molar-refractivity contribution is 7.80. The second-order valence-electron chi connectivity index (χ2n) is 18.3. The van der Waals surface area contributed by atoms with Crippen LogP contribution in [0.25, 0.3) is 10.8 Å². The number of carbonyl (C=O) groups excluding carboxylic acids is 3. The number of esters is 1. The van der Waals surface area contributed by atoms with Gasteiger partial charge in [-0.2, -0.15) is 13.5 Å². The number of hydrogen-bond acceptors (Lipinski definition) is 17. The number of ether oxygens (including phenoxy) is 4. The molecule has 1 saturated heterocycles. The maximum absolute atomic E-state index is 14.6. The van der Waals surface area contributed by atoms with Crippen LogP contribution in [0.1, 0.15) is 95.6 Å². The van der Waals surface area contributed by atoms with Gasteiger partial charge in [-0.1, -0.05) is 58.8 Å². The number of nitrogens with zero attached hydrogens (tertiary/aromatic N) is 3. The molecule has 1 saturated carbocycles. The molecule has 2 aromatic rings. The Morgan fingerprint density at radius 3 is 2.21 bits per heavy atom. The number of amides is 1. The van der Waals surface area contributed by atoms with Gasteiger partial charge in [0.2, 0.25) is 0 Å². The number of rotatable bonds is 7. The number of phenolic OH excluding ortho intramolecular Hbond substituents is 3. The molecule has 0 unspecified atom stereocenters. The molecular weight excluding hydrogens is 893 g/mol. The molecule has 5 aliphatic rings. The molecule has 1 aliphatic carbocycles. The fourth-order valence-corrected chi connectivity index (χ4v) is 10.4. The van der Waals surface area contributed by atoms with Crippen molar-refractivity contribution in [2.24, 2.45) is 28.8 Å². The highest BCUT2D eigenvalue weighted by Crippen LogP contribution is 2.55. The lowest BCUT2D eigenvalue weighted by molar-refractivity contribution is -0.159. The molecule has 5 bridgehead atoms. The molecule has 0 aromatic heterocycles. The lowest BCUT2D eigenvalue weighted by Crippen LogP contribution is -2.48. The van der Waals surface area contributed by atoms with Crippen LogP contribution in [-0.4, -0.2) is 137 Å². The minimum Gasteiger partial charge on any atom is -0.507 e. The van der Waals surface area contributed by atoms with E-state index in [1.54, 1.807) is 19.9 Å². The number of piperazine rings is 1. The zero-order chi connectivity index (χ0) is 49.3. The first-order chi connectivity index (χ1) is 31.5. The van der Waals surface area contributed by atoms with Gasteiger partial charge in [0.25, 0.3) is 11.7 Å². The van der Waals surface area contributed by atoms with E-state index in [0.29, 0.717) is 19.1 Å². The predicted molar refractivity (Wildman–Crippen MR) is 247 cm³/mol. The number of aliphatic hydroxyl groups is 1. The van der Waals surface area contributed by atoms with Crippen molar-refractivity contribution in [3.8, 4) is 23.0 Å². The van der Waals surface area contributed by atoms with Crippen LogP contribution in [-0.2, 0) is 38.4 Å². The van der Waals surface area contributed by atoms with Gasteiger partial charge in [0.15, 0.2) is 5.75 Å². The summed E-state index contributed by atoms with van der Waals surface area (Å²) >= 11 is 0. The summed E-state index contributed by atoms with van der Waals surface area (Å²) in [4.78, 5) is 43.5. The molecule has 4 heterocycles. The van der Waals surface area contributed by atoms with Crippen molar-refractivity contribution in [3.63, 3.8) is 0 Å². The maximum atomic E-state index is 14.6.